The molecule has 1 N–H and O–H groups in total. The molecule has 0 aliphatic heterocycles. The molecular formula is C14H17ClN2OS. The van der Waals surface area contributed by atoms with Crippen molar-refractivity contribution >= 4 is 28.6 Å². The molecular weight excluding hydrogens is 280 g/mol. The summed E-state index contributed by atoms with van der Waals surface area (Å²) in [6.07, 6.45) is 0.980. The summed E-state index contributed by atoms with van der Waals surface area (Å²) >= 11 is 7.78. The maximum atomic E-state index is 6.09. The third kappa shape index (κ3) is 3.39. The summed E-state index contributed by atoms with van der Waals surface area (Å²) in [6, 6.07) is 3.83. The van der Waals surface area contributed by atoms with E-state index in [-0.39, 0.29) is 0 Å². The van der Waals surface area contributed by atoms with E-state index in [0.29, 0.717) is 11.6 Å². The highest BCUT2D eigenvalue weighted by atomic mass is 35.5. The first-order chi connectivity index (χ1) is 9.13. The molecule has 0 bridgehead atoms. The van der Waals surface area contributed by atoms with Crippen LogP contribution in [0.4, 0.5) is 5.69 Å². The van der Waals surface area contributed by atoms with Gasteiger partial charge in [-0.2, -0.15) is 0 Å². The number of anilines is 1. The number of hydrogen-bond donors (Lipinski definition) is 1. The Morgan fingerprint density at radius 2 is 2.21 bits per heavy atom. The second-order valence-corrected chi connectivity index (χ2v) is 5.59. The molecule has 102 valence electrons. The number of ether oxygens (including phenoxy) is 1. The first-order valence-electron chi connectivity index (χ1n) is 6.15. The van der Waals surface area contributed by atoms with Gasteiger partial charge in [0.15, 0.2) is 0 Å². The molecule has 0 saturated carbocycles. The summed E-state index contributed by atoms with van der Waals surface area (Å²) in [5, 5.41) is 7.31. The summed E-state index contributed by atoms with van der Waals surface area (Å²) in [7, 11) is 1.64. The lowest BCUT2D eigenvalue weighted by Crippen LogP contribution is -2.02. The number of hydrogen-bond acceptors (Lipinski definition) is 4. The minimum atomic E-state index is 0.688. The molecule has 0 unspecified atom stereocenters. The van der Waals surface area contributed by atoms with Gasteiger partial charge < -0.3 is 10.1 Å². The zero-order valence-electron chi connectivity index (χ0n) is 11.3. The smallest absolute Gasteiger partial charge is 0.143 e. The Balaban J connectivity index is 2.12. The van der Waals surface area contributed by atoms with Crippen molar-refractivity contribution in [2.45, 2.75) is 26.8 Å². The highest BCUT2D eigenvalue weighted by molar-refractivity contribution is 7.09. The fraction of sp³-hybridized carbons (Fsp3) is 0.357. The predicted octanol–water partition coefficient (Wildman–Crippen LogP) is 4.29. The summed E-state index contributed by atoms with van der Waals surface area (Å²) in [5.74, 6) is 0.751. The number of aromatic nitrogens is 1. The van der Waals surface area contributed by atoms with E-state index in [1.165, 1.54) is 0 Å². The molecule has 1 heterocycles. The lowest BCUT2D eigenvalue weighted by molar-refractivity contribution is 0.416. The topological polar surface area (TPSA) is 34.2 Å². The molecule has 1 aromatic heterocycles. The SMILES string of the molecule is CCc1nc(CNc2cc(C)c(Cl)cc2OC)cs1. The van der Waals surface area contributed by atoms with Crippen LogP contribution >= 0.6 is 22.9 Å². The summed E-state index contributed by atoms with van der Waals surface area (Å²) in [4.78, 5) is 4.53. The summed E-state index contributed by atoms with van der Waals surface area (Å²) < 4.78 is 5.33. The Labute approximate surface area is 122 Å². The second kappa shape index (κ2) is 6.26. The van der Waals surface area contributed by atoms with Crippen molar-refractivity contribution in [3.8, 4) is 5.75 Å². The van der Waals surface area contributed by atoms with Crippen LogP contribution in [-0.4, -0.2) is 12.1 Å². The third-order valence-electron chi connectivity index (χ3n) is 2.84. The van der Waals surface area contributed by atoms with Crippen molar-refractivity contribution in [3.63, 3.8) is 0 Å². The van der Waals surface area contributed by atoms with Crippen LogP contribution in [0, 0.1) is 6.92 Å². The van der Waals surface area contributed by atoms with Gasteiger partial charge in [-0.1, -0.05) is 18.5 Å². The maximum Gasteiger partial charge on any atom is 0.143 e. The zero-order chi connectivity index (χ0) is 13.8. The quantitative estimate of drug-likeness (QED) is 0.894. The van der Waals surface area contributed by atoms with E-state index in [0.717, 1.165) is 34.1 Å². The van der Waals surface area contributed by atoms with Gasteiger partial charge in [-0.15, -0.1) is 11.3 Å². The van der Waals surface area contributed by atoms with Gasteiger partial charge in [-0.25, -0.2) is 4.98 Å². The second-order valence-electron chi connectivity index (χ2n) is 4.24. The van der Waals surface area contributed by atoms with E-state index in [1.807, 2.05) is 19.1 Å². The van der Waals surface area contributed by atoms with Crippen LogP contribution in [0.2, 0.25) is 5.02 Å². The van der Waals surface area contributed by atoms with Crippen LogP contribution < -0.4 is 10.1 Å². The van der Waals surface area contributed by atoms with Crippen molar-refractivity contribution in [2.24, 2.45) is 0 Å². The van der Waals surface area contributed by atoms with E-state index < -0.39 is 0 Å². The van der Waals surface area contributed by atoms with Crippen LogP contribution in [0.15, 0.2) is 17.5 Å². The normalized spacial score (nSPS) is 10.5. The van der Waals surface area contributed by atoms with Crippen molar-refractivity contribution in [3.05, 3.63) is 38.8 Å². The number of methoxy groups -OCH3 is 1. The molecule has 0 aliphatic carbocycles. The van der Waals surface area contributed by atoms with Crippen molar-refractivity contribution in [2.75, 3.05) is 12.4 Å². The number of thiazole rings is 1. The fourth-order valence-electron chi connectivity index (χ4n) is 1.75. The van der Waals surface area contributed by atoms with E-state index >= 15 is 0 Å². The molecule has 2 rings (SSSR count). The Hall–Kier alpha value is -1.26. The molecule has 0 spiro atoms. The van der Waals surface area contributed by atoms with Crippen LogP contribution in [-0.2, 0) is 13.0 Å². The van der Waals surface area contributed by atoms with Gasteiger partial charge in [0, 0.05) is 16.5 Å². The van der Waals surface area contributed by atoms with Gasteiger partial charge in [0.25, 0.3) is 0 Å². The van der Waals surface area contributed by atoms with Crippen LogP contribution in [0.3, 0.4) is 0 Å². The van der Waals surface area contributed by atoms with Crippen molar-refractivity contribution < 1.29 is 4.74 Å². The predicted molar refractivity (Wildman–Crippen MR) is 81.6 cm³/mol. The number of nitrogens with zero attached hydrogens (tertiary/aromatic N) is 1. The lowest BCUT2D eigenvalue weighted by atomic mass is 10.2. The van der Waals surface area contributed by atoms with E-state index in [4.69, 9.17) is 16.3 Å². The van der Waals surface area contributed by atoms with E-state index in [2.05, 4.69) is 22.6 Å². The van der Waals surface area contributed by atoms with Crippen LogP contribution in [0.25, 0.3) is 0 Å². The average Bonchev–Trinajstić information content (AvgIpc) is 2.87. The summed E-state index contributed by atoms with van der Waals surface area (Å²) in [6.45, 7) is 4.78. The van der Waals surface area contributed by atoms with Gasteiger partial charge in [0.05, 0.1) is 30.0 Å². The Kier molecular flexibility index (Phi) is 4.66. The standard InChI is InChI=1S/C14H17ClN2OS/c1-4-14-17-10(8-19-14)7-16-12-5-9(2)11(15)6-13(12)18-3/h5-6,8,16H,4,7H2,1-3H3. The van der Waals surface area contributed by atoms with Crippen LogP contribution in [0.1, 0.15) is 23.2 Å². The zero-order valence-corrected chi connectivity index (χ0v) is 12.9. The molecule has 0 radical (unpaired) electrons. The number of nitrogens with one attached hydrogen (secondary N) is 1. The Morgan fingerprint density at radius 1 is 1.42 bits per heavy atom. The Morgan fingerprint density at radius 3 is 2.84 bits per heavy atom. The molecule has 3 nitrogen and oxygen atoms in total. The molecule has 5 heteroatoms. The van der Waals surface area contributed by atoms with Crippen molar-refractivity contribution in [1.82, 2.24) is 4.98 Å². The van der Waals surface area contributed by atoms with Gasteiger partial charge in [0.2, 0.25) is 0 Å². The first kappa shape index (κ1) is 14.2. The molecule has 0 atom stereocenters. The highest BCUT2D eigenvalue weighted by Gasteiger charge is 2.07. The third-order valence-corrected chi connectivity index (χ3v) is 4.29. The number of halogens is 1. The fourth-order valence-corrected chi connectivity index (χ4v) is 2.65. The van der Waals surface area contributed by atoms with E-state index in [9.17, 15) is 0 Å². The molecule has 2 aromatic rings. The van der Waals surface area contributed by atoms with Gasteiger partial charge >= 0.3 is 0 Å². The monoisotopic (exact) mass is 296 g/mol. The first-order valence-corrected chi connectivity index (χ1v) is 7.41. The van der Waals surface area contributed by atoms with E-state index in [1.54, 1.807) is 18.4 Å². The number of benzene rings is 1. The van der Waals surface area contributed by atoms with Gasteiger partial charge in [-0.05, 0) is 25.0 Å². The molecule has 1 aromatic carbocycles. The molecule has 0 amide bonds. The average molecular weight is 297 g/mol. The van der Waals surface area contributed by atoms with Gasteiger partial charge in [-0.3, -0.25) is 0 Å². The largest absolute Gasteiger partial charge is 0.495 e. The Bertz CT molecular complexity index is 569. The molecule has 0 fully saturated rings. The lowest BCUT2D eigenvalue weighted by Gasteiger charge is -2.12. The molecule has 0 saturated heterocycles. The highest BCUT2D eigenvalue weighted by Crippen LogP contribution is 2.31. The van der Waals surface area contributed by atoms with Gasteiger partial charge in [0.1, 0.15) is 5.75 Å². The van der Waals surface area contributed by atoms with Crippen molar-refractivity contribution in [1.29, 1.82) is 0 Å². The summed E-state index contributed by atoms with van der Waals surface area (Å²) in [5.41, 5.74) is 3.02. The minimum absolute atomic E-state index is 0.688. The maximum absolute atomic E-state index is 6.09. The van der Waals surface area contributed by atoms with Crippen LogP contribution in [0.5, 0.6) is 5.75 Å². The number of aryl methyl sites for hydroxylation is 2. The minimum Gasteiger partial charge on any atom is -0.495 e. The number of rotatable bonds is 5. The molecule has 0 aliphatic rings. The molecule has 19 heavy (non-hydrogen) atoms.